The smallest absolute Gasteiger partial charge is 0.369 e. The lowest BCUT2D eigenvalue weighted by Gasteiger charge is -2.32. The number of aliphatic hydroxyl groups is 1. The first-order valence-corrected chi connectivity index (χ1v) is 11.4. The number of amides is 1. The van der Waals surface area contributed by atoms with E-state index < -0.39 is 39.4 Å². The van der Waals surface area contributed by atoms with E-state index in [4.69, 9.17) is 0 Å². The Hall–Kier alpha value is -2.64. The minimum absolute atomic E-state index is 0.00622. The second-order valence-electron chi connectivity index (χ2n) is 7.92. The van der Waals surface area contributed by atoms with Crippen molar-refractivity contribution in [3.8, 4) is 0 Å². The van der Waals surface area contributed by atoms with Gasteiger partial charge in [-0.25, -0.2) is 13.1 Å². The van der Waals surface area contributed by atoms with Crippen LogP contribution in [0.15, 0.2) is 53.4 Å². The van der Waals surface area contributed by atoms with E-state index in [1.165, 1.54) is 31.3 Å². The van der Waals surface area contributed by atoms with Gasteiger partial charge in [0, 0.05) is 24.3 Å². The maximum atomic E-state index is 13.0. The molecule has 0 atom stereocenters. The van der Waals surface area contributed by atoms with Crippen molar-refractivity contribution in [1.82, 2.24) is 4.72 Å². The molecule has 0 radical (unpaired) electrons. The minimum atomic E-state index is -6.01. The third kappa shape index (κ3) is 5.20. The van der Waals surface area contributed by atoms with Gasteiger partial charge in [0.25, 0.3) is 5.60 Å². The Balaban J connectivity index is 1.72. The van der Waals surface area contributed by atoms with Crippen LogP contribution in [-0.2, 0) is 26.8 Å². The summed E-state index contributed by atoms with van der Waals surface area (Å²) in [5.74, 6) is -0.554. The summed E-state index contributed by atoms with van der Waals surface area (Å²) in [7, 11) is -2.39. The molecular formula is C21H20F6N2O4S. The van der Waals surface area contributed by atoms with Crippen molar-refractivity contribution in [3.63, 3.8) is 0 Å². The quantitative estimate of drug-likeness (QED) is 0.557. The molecule has 186 valence electrons. The lowest BCUT2D eigenvalue weighted by atomic mass is 9.92. The summed E-state index contributed by atoms with van der Waals surface area (Å²) in [5, 5.41) is 9.44. The van der Waals surface area contributed by atoms with Gasteiger partial charge in [0.2, 0.25) is 15.9 Å². The highest BCUT2D eigenvalue weighted by Gasteiger charge is 2.71. The van der Waals surface area contributed by atoms with Crippen LogP contribution in [0.5, 0.6) is 0 Å². The molecule has 2 aromatic carbocycles. The van der Waals surface area contributed by atoms with E-state index in [1.54, 1.807) is 0 Å². The predicted molar refractivity (Wildman–Crippen MR) is 109 cm³/mol. The normalized spacial score (nSPS) is 15.3. The summed E-state index contributed by atoms with van der Waals surface area (Å²) in [4.78, 5) is 13.6. The number of alkyl halides is 6. The molecular weight excluding hydrogens is 490 g/mol. The lowest BCUT2D eigenvalue weighted by Crippen LogP contribution is -2.53. The summed E-state index contributed by atoms with van der Waals surface area (Å²) in [5.41, 5.74) is -6.05. The number of carbonyl (C=O) groups is 1. The van der Waals surface area contributed by atoms with Crippen molar-refractivity contribution in [3.05, 3.63) is 59.7 Å². The fraction of sp³-hybridized carbons (Fsp3) is 0.381. The van der Waals surface area contributed by atoms with Gasteiger partial charge in [-0.1, -0.05) is 24.3 Å². The van der Waals surface area contributed by atoms with Gasteiger partial charge in [-0.05, 0) is 42.7 Å². The molecule has 1 aliphatic carbocycles. The molecule has 3 rings (SSSR count). The average molecular weight is 510 g/mol. The van der Waals surface area contributed by atoms with E-state index in [-0.39, 0.29) is 23.0 Å². The molecule has 0 bridgehead atoms. The maximum absolute atomic E-state index is 13.0. The Bertz CT molecular complexity index is 1130. The molecule has 6 nitrogen and oxygen atoms in total. The zero-order valence-corrected chi connectivity index (χ0v) is 18.4. The van der Waals surface area contributed by atoms with Gasteiger partial charge in [-0.3, -0.25) is 4.79 Å². The monoisotopic (exact) mass is 510 g/mol. The van der Waals surface area contributed by atoms with Crippen LogP contribution in [0.25, 0.3) is 0 Å². The molecule has 1 fully saturated rings. The summed E-state index contributed by atoms with van der Waals surface area (Å²) < 4.78 is 105. The van der Waals surface area contributed by atoms with Gasteiger partial charge in [0.15, 0.2) is 0 Å². The van der Waals surface area contributed by atoms with Crippen LogP contribution < -0.4 is 9.62 Å². The third-order valence-corrected chi connectivity index (χ3v) is 6.89. The van der Waals surface area contributed by atoms with E-state index in [0.29, 0.717) is 17.7 Å². The number of hydrogen-bond donors (Lipinski definition) is 2. The number of nitrogens with one attached hydrogen (secondary N) is 1. The fourth-order valence-electron chi connectivity index (χ4n) is 3.13. The minimum Gasteiger partial charge on any atom is -0.369 e. The number of likely N-dealkylation sites (N-methyl/N-ethyl adjacent to an activating group) is 1. The highest BCUT2D eigenvalue weighted by atomic mass is 32.2. The molecule has 0 spiro atoms. The number of benzene rings is 2. The van der Waals surface area contributed by atoms with Crippen molar-refractivity contribution >= 4 is 21.6 Å². The SMILES string of the molecule is CN(C(=O)Cc1ccc(S(=O)(=O)NC2CC2)cc1)c1ccc(C(O)(C(F)(F)F)C(F)(F)F)cc1. The molecule has 1 saturated carbocycles. The Kier molecular flexibility index (Phi) is 6.77. The number of carbonyl (C=O) groups excluding carboxylic acids is 1. The summed E-state index contributed by atoms with van der Waals surface area (Å²) >= 11 is 0. The van der Waals surface area contributed by atoms with Crippen molar-refractivity contribution in [2.75, 3.05) is 11.9 Å². The molecule has 0 aliphatic heterocycles. The summed E-state index contributed by atoms with van der Waals surface area (Å²) in [6.07, 6.45) is -10.7. The van der Waals surface area contributed by atoms with Gasteiger partial charge in [-0.15, -0.1) is 0 Å². The van der Waals surface area contributed by atoms with Crippen LogP contribution >= 0.6 is 0 Å². The van der Waals surface area contributed by atoms with Crippen LogP contribution in [0, 0.1) is 0 Å². The maximum Gasteiger partial charge on any atom is 0.430 e. The van der Waals surface area contributed by atoms with Crippen molar-refractivity contribution in [1.29, 1.82) is 0 Å². The standard InChI is InChI=1S/C21H20F6N2O4S/c1-29(16-8-4-14(5-9-16)19(31,20(22,23)24)21(25,26)27)18(30)12-13-2-10-17(11-3-13)34(32,33)28-15-6-7-15/h2-5,8-11,15,28,31H,6-7,12H2,1H3. The topological polar surface area (TPSA) is 86.7 Å². The summed E-state index contributed by atoms with van der Waals surface area (Å²) in [6.45, 7) is 0. The van der Waals surface area contributed by atoms with Gasteiger partial charge in [0.05, 0.1) is 11.3 Å². The van der Waals surface area contributed by atoms with E-state index >= 15 is 0 Å². The number of hydrogen-bond acceptors (Lipinski definition) is 4. The van der Waals surface area contributed by atoms with E-state index in [9.17, 15) is 44.7 Å². The lowest BCUT2D eigenvalue weighted by molar-refractivity contribution is -0.376. The molecule has 0 aromatic heterocycles. The van der Waals surface area contributed by atoms with Crippen molar-refractivity contribution in [2.24, 2.45) is 0 Å². The first kappa shape index (κ1) is 26.0. The van der Waals surface area contributed by atoms with Gasteiger partial charge in [0.1, 0.15) is 0 Å². The zero-order chi connectivity index (χ0) is 25.5. The van der Waals surface area contributed by atoms with Gasteiger partial charge >= 0.3 is 12.4 Å². The Labute approximate surface area is 191 Å². The largest absolute Gasteiger partial charge is 0.430 e. The Morgan fingerprint density at radius 1 is 0.971 bits per heavy atom. The Morgan fingerprint density at radius 2 is 1.47 bits per heavy atom. The second-order valence-corrected chi connectivity index (χ2v) is 9.64. The van der Waals surface area contributed by atoms with E-state index in [1.807, 2.05) is 0 Å². The number of rotatable bonds is 7. The fourth-order valence-corrected chi connectivity index (χ4v) is 4.43. The van der Waals surface area contributed by atoms with Crippen LogP contribution in [0.3, 0.4) is 0 Å². The third-order valence-electron chi connectivity index (χ3n) is 5.36. The molecule has 0 unspecified atom stereocenters. The molecule has 0 saturated heterocycles. The van der Waals surface area contributed by atoms with Crippen LogP contribution in [-0.4, -0.2) is 44.9 Å². The second kappa shape index (κ2) is 8.86. The Morgan fingerprint density at radius 3 is 1.91 bits per heavy atom. The van der Waals surface area contributed by atoms with Crippen molar-refractivity contribution < 1.29 is 44.7 Å². The highest BCUT2D eigenvalue weighted by molar-refractivity contribution is 7.89. The van der Waals surface area contributed by atoms with E-state index in [0.717, 1.165) is 29.9 Å². The van der Waals surface area contributed by atoms with Crippen LogP contribution in [0.1, 0.15) is 24.0 Å². The molecule has 1 aliphatic rings. The first-order valence-electron chi connectivity index (χ1n) is 9.90. The number of anilines is 1. The summed E-state index contributed by atoms with van der Waals surface area (Å²) in [6, 6.07) is 8.07. The molecule has 0 heterocycles. The molecule has 2 N–H and O–H groups in total. The van der Waals surface area contributed by atoms with Gasteiger partial charge < -0.3 is 10.0 Å². The van der Waals surface area contributed by atoms with E-state index in [2.05, 4.69) is 4.72 Å². The van der Waals surface area contributed by atoms with Crippen molar-refractivity contribution in [2.45, 2.75) is 48.2 Å². The molecule has 34 heavy (non-hydrogen) atoms. The highest BCUT2D eigenvalue weighted by Crippen LogP contribution is 2.50. The predicted octanol–water partition coefficient (Wildman–Crippen LogP) is 3.65. The van der Waals surface area contributed by atoms with Crippen LogP contribution in [0.4, 0.5) is 32.0 Å². The number of halogens is 6. The zero-order valence-electron chi connectivity index (χ0n) is 17.6. The number of sulfonamides is 1. The van der Waals surface area contributed by atoms with Gasteiger partial charge in [-0.2, -0.15) is 26.3 Å². The van der Waals surface area contributed by atoms with Crippen LogP contribution in [0.2, 0.25) is 0 Å². The molecule has 1 amide bonds. The molecule has 13 heteroatoms. The first-order chi connectivity index (χ1) is 15.6. The average Bonchev–Trinajstić information content (AvgIpc) is 3.54. The molecule has 2 aromatic rings. The number of nitrogens with zero attached hydrogens (tertiary/aromatic N) is 1.